The summed E-state index contributed by atoms with van der Waals surface area (Å²) in [5.41, 5.74) is 0.722. The van der Waals surface area contributed by atoms with Gasteiger partial charge in [0, 0.05) is 12.6 Å². The van der Waals surface area contributed by atoms with Crippen LogP contribution in [-0.4, -0.2) is 63.2 Å². The van der Waals surface area contributed by atoms with Crippen LogP contribution in [0.5, 0.6) is 5.75 Å². The number of aliphatic carboxylic acids is 1. The highest BCUT2D eigenvalue weighted by molar-refractivity contribution is 5.88. The van der Waals surface area contributed by atoms with Crippen molar-refractivity contribution in [3.05, 3.63) is 24.3 Å². The Morgan fingerprint density at radius 3 is 1.92 bits per heavy atom. The van der Waals surface area contributed by atoms with Crippen molar-refractivity contribution in [1.82, 2.24) is 0 Å². The molecule has 0 aliphatic rings. The Morgan fingerprint density at radius 2 is 1.40 bits per heavy atom. The molecule has 1 amide bonds. The van der Waals surface area contributed by atoms with Crippen molar-refractivity contribution in [1.29, 1.82) is 0 Å². The molecule has 0 aliphatic heterocycles. The van der Waals surface area contributed by atoms with Gasteiger partial charge in [0.25, 0.3) is 0 Å². The molecule has 0 aromatic heterocycles. The summed E-state index contributed by atoms with van der Waals surface area (Å²) in [5, 5.41) is 11.1. The van der Waals surface area contributed by atoms with Crippen LogP contribution < -0.4 is 10.1 Å². The number of nitrogens with one attached hydrogen (secondary N) is 1. The maximum absolute atomic E-state index is 10.9. The average Bonchev–Trinajstić information content (AvgIpc) is 2.56. The molecule has 0 saturated carbocycles. The molecule has 8 heteroatoms. The second-order valence-electron chi connectivity index (χ2n) is 5.03. The van der Waals surface area contributed by atoms with Gasteiger partial charge >= 0.3 is 5.97 Å². The maximum atomic E-state index is 10.9. The van der Waals surface area contributed by atoms with Crippen molar-refractivity contribution >= 4 is 17.6 Å². The van der Waals surface area contributed by atoms with E-state index in [0.717, 1.165) is 5.69 Å². The van der Waals surface area contributed by atoms with Gasteiger partial charge < -0.3 is 29.4 Å². The Kier molecular flexibility index (Phi) is 11.0. The van der Waals surface area contributed by atoms with Crippen molar-refractivity contribution in [3.8, 4) is 5.75 Å². The number of anilines is 1. The molecule has 1 aromatic rings. The van der Waals surface area contributed by atoms with E-state index in [-0.39, 0.29) is 18.9 Å². The molecule has 25 heavy (non-hydrogen) atoms. The van der Waals surface area contributed by atoms with Crippen molar-refractivity contribution < 1.29 is 33.6 Å². The topological polar surface area (TPSA) is 103 Å². The van der Waals surface area contributed by atoms with Gasteiger partial charge in [-0.1, -0.05) is 0 Å². The fourth-order valence-corrected chi connectivity index (χ4v) is 1.76. The molecule has 140 valence electrons. The van der Waals surface area contributed by atoms with E-state index in [0.29, 0.717) is 45.4 Å². The first-order chi connectivity index (χ1) is 12.1. The van der Waals surface area contributed by atoms with Crippen molar-refractivity contribution in [3.63, 3.8) is 0 Å². The highest BCUT2D eigenvalue weighted by Crippen LogP contribution is 2.15. The van der Waals surface area contributed by atoms with Crippen LogP contribution in [0.3, 0.4) is 0 Å². The average molecular weight is 355 g/mol. The number of benzene rings is 1. The predicted molar refractivity (Wildman–Crippen MR) is 91.0 cm³/mol. The molecule has 0 unspecified atom stereocenters. The summed E-state index contributed by atoms with van der Waals surface area (Å²) < 4.78 is 21.2. The van der Waals surface area contributed by atoms with E-state index < -0.39 is 5.97 Å². The minimum absolute atomic E-state index is 0.000915. The van der Waals surface area contributed by atoms with Gasteiger partial charge in [-0.3, -0.25) is 9.59 Å². The quantitative estimate of drug-likeness (QED) is 0.488. The summed E-state index contributed by atoms with van der Waals surface area (Å²) in [6.45, 7) is 4.15. The van der Waals surface area contributed by atoms with Crippen molar-refractivity contribution in [2.45, 2.75) is 13.3 Å². The standard InChI is InChI=1S/C17H25NO7/c1-14(19)18-15-2-4-16(5-3-15)25-13-12-24-11-10-23-9-8-22-7-6-17(20)21/h2-5H,6-13H2,1H3,(H,18,19)(H,20,21). The molecular formula is C17H25NO7. The maximum Gasteiger partial charge on any atom is 0.305 e. The first-order valence-electron chi connectivity index (χ1n) is 8.03. The lowest BCUT2D eigenvalue weighted by molar-refractivity contribution is -0.138. The van der Waals surface area contributed by atoms with Gasteiger partial charge in [0.1, 0.15) is 12.4 Å². The molecule has 1 rings (SSSR count). The van der Waals surface area contributed by atoms with E-state index in [2.05, 4.69) is 5.32 Å². The molecule has 0 aliphatic carbocycles. The molecule has 0 atom stereocenters. The molecule has 0 saturated heterocycles. The molecule has 0 heterocycles. The zero-order chi connectivity index (χ0) is 18.3. The lowest BCUT2D eigenvalue weighted by Gasteiger charge is -2.09. The Bertz CT molecular complexity index is 504. The smallest absolute Gasteiger partial charge is 0.305 e. The van der Waals surface area contributed by atoms with Gasteiger partial charge in [0.15, 0.2) is 0 Å². The molecule has 0 radical (unpaired) electrons. The lowest BCUT2D eigenvalue weighted by atomic mass is 10.3. The molecule has 1 aromatic carbocycles. The number of rotatable bonds is 14. The number of carbonyl (C=O) groups excluding carboxylic acids is 1. The third-order valence-corrected chi connectivity index (χ3v) is 2.88. The van der Waals surface area contributed by atoms with E-state index in [9.17, 15) is 9.59 Å². The minimum atomic E-state index is -0.875. The lowest BCUT2D eigenvalue weighted by Crippen LogP contribution is -2.13. The van der Waals surface area contributed by atoms with Crippen molar-refractivity contribution in [2.75, 3.05) is 51.6 Å². The normalized spacial score (nSPS) is 10.4. The Hall–Kier alpha value is -2.16. The fraction of sp³-hybridized carbons (Fsp3) is 0.529. The third kappa shape index (κ3) is 11.9. The number of ether oxygens (including phenoxy) is 4. The number of hydrogen-bond acceptors (Lipinski definition) is 6. The van der Waals surface area contributed by atoms with E-state index in [4.69, 9.17) is 24.1 Å². The van der Waals surface area contributed by atoms with Crippen LogP contribution in [-0.2, 0) is 23.8 Å². The Balaban J connectivity index is 1.91. The summed E-state index contributed by atoms with van der Waals surface area (Å²) >= 11 is 0. The molecule has 0 spiro atoms. The molecule has 0 fully saturated rings. The second kappa shape index (κ2) is 13.2. The van der Waals surface area contributed by atoms with E-state index >= 15 is 0 Å². The predicted octanol–water partition coefficient (Wildman–Crippen LogP) is 1.55. The van der Waals surface area contributed by atoms with Crippen LogP contribution in [0.2, 0.25) is 0 Å². The van der Waals surface area contributed by atoms with Gasteiger partial charge in [-0.05, 0) is 24.3 Å². The summed E-state index contributed by atoms with van der Waals surface area (Å²) in [5.74, 6) is -0.288. The highest BCUT2D eigenvalue weighted by Gasteiger charge is 1.98. The molecule has 2 N–H and O–H groups in total. The second-order valence-corrected chi connectivity index (χ2v) is 5.03. The third-order valence-electron chi connectivity index (χ3n) is 2.88. The zero-order valence-corrected chi connectivity index (χ0v) is 14.4. The first kappa shape index (κ1) is 20.9. The molecule has 0 bridgehead atoms. The van der Waals surface area contributed by atoms with E-state index in [1.165, 1.54) is 6.92 Å². The zero-order valence-electron chi connectivity index (χ0n) is 14.4. The van der Waals surface area contributed by atoms with Gasteiger partial charge in [-0.15, -0.1) is 0 Å². The Morgan fingerprint density at radius 1 is 0.880 bits per heavy atom. The van der Waals surface area contributed by atoms with Crippen LogP contribution in [0.15, 0.2) is 24.3 Å². The Labute approximate surface area is 147 Å². The molecule has 8 nitrogen and oxygen atoms in total. The van der Waals surface area contributed by atoms with Crippen LogP contribution >= 0.6 is 0 Å². The van der Waals surface area contributed by atoms with Crippen LogP contribution in [0.1, 0.15) is 13.3 Å². The largest absolute Gasteiger partial charge is 0.491 e. The van der Waals surface area contributed by atoms with Gasteiger partial charge in [-0.2, -0.15) is 0 Å². The monoisotopic (exact) mass is 355 g/mol. The van der Waals surface area contributed by atoms with Gasteiger partial charge in [-0.25, -0.2) is 0 Å². The fourth-order valence-electron chi connectivity index (χ4n) is 1.76. The van der Waals surface area contributed by atoms with Crippen LogP contribution in [0.4, 0.5) is 5.69 Å². The minimum Gasteiger partial charge on any atom is -0.491 e. The van der Waals surface area contributed by atoms with Crippen molar-refractivity contribution in [2.24, 2.45) is 0 Å². The number of amides is 1. The van der Waals surface area contributed by atoms with Crippen LogP contribution in [0, 0.1) is 0 Å². The summed E-state index contributed by atoms with van der Waals surface area (Å²) in [6, 6.07) is 7.09. The summed E-state index contributed by atoms with van der Waals surface area (Å²) in [7, 11) is 0. The number of carboxylic acids is 1. The first-order valence-corrected chi connectivity index (χ1v) is 8.03. The van der Waals surface area contributed by atoms with Gasteiger partial charge in [0.05, 0.1) is 46.1 Å². The summed E-state index contributed by atoms with van der Waals surface area (Å²) in [4.78, 5) is 21.2. The van der Waals surface area contributed by atoms with Gasteiger partial charge in [0.2, 0.25) is 5.91 Å². The SMILES string of the molecule is CC(=O)Nc1ccc(OCCOCCOCCOCCC(=O)O)cc1. The van der Waals surface area contributed by atoms with E-state index in [1.54, 1.807) is 24.3 Å². The van der Waals surface area contributed by atoms with E-state index in [1.807, 2.05) is 0 Å². The van der Waals surface area contributed by atoms with Crippen LogP contribution in [0.25, 0.3) is 0 Å². The summed E-state index contributed by atoms with van der Waals surface area (Å²) in [6.07, 6.45) is -0.000915. The number of carboxylic acid groups (broad SMARTS) is 1. The molecular weight excluding hydrogens is 330 g/mol. The number of hydrogen-bond donors (Lipinski definition) is 2. The number of carbonyl (C=O) groups is 2. The highest BCUT2D eigenvalue weighted by atomic mass is 16.6.